The van der Waals surface area contributed by atoms with Crippen LogP contribution >= 0.6 is 0 Å². The predicted octanol–water partition coefficient (Wildman–Crippen LogP) is 1.58. The van der Waals surface area contributed by atoms with Gasteiger partial charge >= 0.3 is 0 Å². The van der Waals surface area contributed by atoms with Crippen LogP contribution in [0, 0.1) is 0 Å². The summed E-state index contributed by atoms with van der Waals surface area (Å²) in [5.74, 6) is 1.66. The van der Waals surface area contributed by atoms with Crippen molar-refractivity contribution in [2.75, 3.05) is 20.4 Å². The van der Waals surface area contributed by atoms with Crippen molar-refractivity contribution in [3.63, 3.8) is 0 Å². The Kier molecular flexibility index (Phi) is 3.26. The lowest BCUT2D eigenvalue weighted by atomic mass is 10.0. The third-order valence-electron chi connectivity index (χ3n) is 3.39. The number of hydrogen-bond acceptors (Lipinski definition) is 4. The molecule has 2 N–H and O–H groups in total. The number of likely N-dealkylation sites (N-methyl/N-ethyl adjacent to an activating group) is 1. The van der Waals surface area contributed by atoms with Gasteiger partial charge in [-0.3, -0.25) is 4.90 Å². The van der Waals surface area contributed by atoms with E-state index >= 15 is 0 Å². The first-order valence-corrected chi connectivity index (χ1v) is 5.83. The molecular formula is C13H20N2O2. The van der Waals surface area contributed by atoms with Crippen molar-refractivity contribution in [3.8, 4) is 11.5 Å². The second kappa shape index (κ2) is 4.55. The van der Waals surface area contributed by atoms with Crippen LogP contribution < -0.4 is 15.2 Å². The van der Waals surface area contributed by atoms with Gasteiger partial charge in [0, 0.05) is 18.6 Å². The maximum atomic E-state index is 5.76. The fourth-order valence-electron chi connectivity index (χ4n) is 1.68. The van der Waals surface area contributed by atoms with E-state index in [9.17, 15) is 0 Å². The molecule has 4 heteroatoms. The Balaban J connectivity index is 2.09. The van der Waals surface area contributed by atoms with Gasteiger partial charge in [0.25, 0.3) is 0 Å². The molecule has 1 heterocycles. The molecule has 17 heavy (non-hydrogen) atoms. The van der Waals surface area contributed by atoms with Gasteiger partial charge in [-0.15, -0.1) is 0 Å². The van der Waals surface area contributed by atoms with Gasteiger partial charge in [-0.25, -0.2) is 0 Å². The standard InChI is InChI=1S/C13H20N2O2/c1-13(2,8-14)15(3)7-10-4-5-11-12(6-10)17-9-16-11/h4-6H,7-9,14H2,1-3H3. The van der Waals surface area contributed by atoms with Gasteiger partial charge in [-0.1, -0.05) is 6.07 Å². The van der Waals surface area contributed by atoms with E-state index in [1.165, 1.54) is 5.56 Å². The molecule has 0 aromatic heterocycles. The third kappa shape index (κ3) is 2.53. The topological polar surface area (TPSA) is 47.7 Å². The second-order valence-electron chi connectivity index (χ2n) is 5.06. The average molecular weight is 236 g/mol. The van der Waals surface area contributed by atoms with E-state index in [1.807, 2.05) is 12.1 Å². The maximum absolute atomic E-state index is 5.76. The van der Waals surface area contributed by atoms with Gasteiger partial charge in [0.2, 0.25) is 6.79 Å². The smallest absolute Gasteiger partial charge is 0.231 e. The molecule has 1 aliphatic rings. The fourth-order valence-corrected chi connectivity index (χ4v) is 1.68. The van der Waals surface area contributed by atoms with Gasteiger partial charge in [-0.05, 0) is 38.6 Å². The van der Waals surface area contributed by atoms with Gasteiger partial charge < -0.3 is 15.2 Å². The number of nitrogens with two attached hydrogens (primary N) is 1. The van der Waals surface area contributed by atoms with E-state index < -0.39 is 0 Å². The molecule has 0 atom stereocenters. The summed E-state index contributed by atoms with van der Waals surface area (Å²) in [6.45, 7) is 6.08. The molecule has 1 aromatic rings. The summed E-state index contributed by atoms with van der Waals surface area (Å²) in [6.07, 6.45) is 0. The number of fused-ring (bicyclic) bond motifs is 1. The van der Waals surface area contributed by atoms with Crippen LogP contribution in [0.4, 0.5) is 0 Å². The van der Waals surface area contributed by atoms with Crippen LogP contribution in [-0.2, 0) is 6.54 Å². The summed E-state index contributed by atoms with van der Waals surface area (Å²) >= 11 is 0. The van der Waals surface area contributed by atoms with Gasteiger partial charge in [0.05, 0.1) is 0 Å². The molecule has 4 nitrogen and oxygen atoms in total. The normalized spacial score (nSPS) is 14.4. The first-order chi connectivity index (χ1) is 8.03. The Morgan fingerprint density at radius 1 is 1.29 bits per heavy atom. The molecule has 0 radical (unpaired) electrons. The van der Waals surface area contributed by atoms with Crippen LogP contribution in [0.25, 0.3) is 0 Å². The Bertz CT molecular complexity index is 404. The van der Waals surface area contributed by atoms with E-state index in [-0.39, 0.29) is 5.54 Å². The zero-order valence-electron chi connectivity index (χ0n) is 10.7. The van der Waals surface area contributed by atoms with Crippen LogP contribution in [0.5, 0.6) is 11.5 Å². The number of benzene rings is 1. The van der Waals surface area contributed by atoms with E-state index in [0.717, 1.165) is 18.0 Å². The SMILES string of the molecule is CN(Cc1ccc2c(c1)OCO2)C(C)(C)CN. The Labute approximate surface area is 102 Å². The summed E-state index contributed by atoms with van der Waals surface area (Å²) < 4.78 is 10.7. The monoisotopic (exact) mass is 236 g/mol. The molecule has 0 saturated carbocycles. The number of nitrogens with zero attached hydrogens (tertiary/aromatic N) is 1. The number of ether oxygens (including phenoxy) is 2. The number of rotatable bonds is 4. The molecule has 0 aliphatic carbocycles. The van der Waals surface area contributed by atoms with Crippen molar-refractivity contribution >= 4 is 0 Å². The summed E-state index contributed by atoms with van der Waals surface area (Å²) in [5, 5.41) is 0. The average Bonchev–Trinajstić information content (AvgIpc) is 2.76. The molecule has 1 aliphatic heterocycles. The van der Waals surface area contributed by atoms with Gasteiger partial charge in [0.15, 0.2) is 11.5 Å². The molecule has 94 valence electrons. The summed E-state index contributed by atoms with van der Waals surface area (Å²) in [6, 6.07) is 6.06. The minimum atomic E-state index is -0.00360. The van der Waals surface area contributed by atoms with Crippen LogP contribution in [0.1, 0.15) is 19.4 Å². The highest BCUT2D eigenvalue weighted by molar-refractivity contribution is 5.44. The van der Waals surface area contributed by atoms with Crippen molar-refractivity contribution in [1.29, 1.82) is 0 Å². The molecule has 0 saturated heterocycles. The minimum Gasteiger partial charge on any atom is -0.454 e. The quantitative estimate of drug-likeness (QED) is 0.862. The van der Waals surface area contributed by atoms with E-state index in [4.69, 9.17) is 15.2 Å². The van der Waals surface area contributed by atoms with E-state index in [2.05, 4.69) is 31.9 Å². The highest BCUT2D eigenvalue weighted by atomic mass is 16.7. The largest absolute Gasteiger partial charge is 0.454 e. The van der Waals surface area contributed by atoms with Crippen molar-refractivity contribution < 1.29 is 9.47 Å². The van der Waals surface area contributed by atoms with Gasteiger partial charge in [-0.2, -0.15) is 0 Å². The predicted molar refractivity (Wildman–Crippen MR) is 67.2 cm³/mol. The summed E-state index contributed by atoms with van der Waals surface area (Å²) in [7, 11) is 2.08. The lowest BCUT2D eigenvalue weighted by Crippen LogP contribution is -2.46. The lowest BCUT2D eigenvalue weighted by Gasteiger charge is -2.34. The van der Waals surface area contributed by atoms with Crippen LogP contribution in [0.3, 0.4) is 0 Å². The molecule has 0 amide bonds. The van der Waals surface area contributed by atoms with Crippen molar-refractivity contribution in [2.24, 2.45) is 5.73 Å². The molecule has 0 bridgehead atoms. The fraction of sp³-hybridized carbons (Fsp3) is 0.538. The third-order valence-corrected chi connectivity index (χ3v) is 3.39. The summed E-state index contributed by atoms with van der Waals surface area (Å²) in [4.78, 5) is 2.24. The number of hydrogen-bond donors (Lipinski definition) is 1. The highest BCUT2D eigenvalue weighted by Crippen LogP contribution is 2.33. The molecule has 2 rings (SSSR count). The molecule has 0 unspecified atom stereocenters. The first-order valence-electron chi connectivity index (χ1n) is 5.83. The minimum absolute atomic E-state index is 0.00360. The molecule has 0 fully saturated rings. The van der Waals surface area contributed by atoms with Crippen molar-refractivity contribution in [2.45, 2.75) is 25.9 Å². The Morgan fingerprint density at radius 3 is 2.71 bits per heavy atom. The molecular weight excluding hydrogens is 216 g/mol. The highest BCUT2D eigenvalue weighted by Gasteiger charge is 2.22. The van der Waals surface area contributed by atoms with Crippen LogP contribution in [0.15, 0.2) is 18.2 Å². The zero-order chi connectivity index (χ0) is 12.5. The molecule has 0 spiro atoms. The Morgan fingerprint density at radius 2 is 2.00 bits per heavy atom. The van der Waals surface area contributed by atoms with Crippen molar-refractivity contribution in [3.05, 3.63) is 23.8 Å². The maximum Gasteiger partial charge on any atom is 0.231 e. The second-order valence-corrected chi connectivity index (χ2v) is 5.06. The van der Waals surface area contributed by atoms with Crippen LogP contribution in [-0.4, -0.2) is 30.8 Å². The lowest BCUT2D eigenvalue weighted by molar-refractivity contribution is 0.155. The van der Waals surface area contributed by atoms with Gasteiger partial charge in [0.1, 0.15) is 0 Å². The zero-order valence-corrected chi connectivity index (χ0v) is 10.7. The first kappa shape index (κ1) is 12.2. The van der Waals surface area contributed by atoms with E-state index in [0.29, 0.717) is 13.3 Å². The van der Waals surface area contributed by atoms with E-state index in [1.54, 1.807) is 0 Å². The molecule has 1 aromatic carbocycles. The summed E-state index contributed by atoms with van der Waals surface area (Å²) in [5.41, 5.74) is 6.97. The Hall–Kier alpha value is -1.26. The van der Waals surface area contributed by atoms with Crippen molar-refractivity contribution in [1.82, 2.24) is 4.90 Å². The van der Waals surface area contributed by atoms with Crippen LogP contribution in [0.2, 0.25) is 0 Å².